The Bertz CT molecular complexity index is 1020. The predicted octanol–water partition coefficient (Wildman–Crippen LogP) is 7.29. The average molecular weight is 765 g/mol. The van der Waals surface area contributed by atoms with Gasteiger partial charge in [-0.1, -0.05) is 128 Å². The molecule has 0 bridgehead atoms. The number of allylic oxidation sites excluding steroid dienone is 4. The number of unbranched alkanes of at least 4 members (excludes halogenated alkanes) is 17. The normalized spacial score (nSPS) is 21.7. The molecular weight excluding hydrogens is 692 g/mol. The molecule has 0 aromatic rings. The van der Waals surface area contributed by atoms with Crippen LogP contribution >= 0.6 is 0 Å². The molecule has 0 spiro atoms. The van der Waals surface area contributed by atoms with E-state index in [-0.39, 0.29) is 19.6 Å². The van der Waals surface area contributed by atoms with Crippen LogP contribution in [0.2, 0.25) is 0 Å². The lowest BCUT2D eigenvalue weighted by Gasteiger charge is -2.41. The summed E-state index contributed by atoms with van der Waals surface area (Å²) in [4.78, 5) is 12.6. The molecule has 6 atom stereocenters. The zero-order valence-electron chi connectivity index (χ0n) is 32.1. The summed E-state index contributed by atoms with van der Waals surface area (Å²) in [6.07, 6.45) is 24.2. The Kier molecular flexibility index (Phi) is 29.8. The first kappa shape index (κ1) is 48.6. The second kappa shape index (κ2) is 31.9. The van der Waals surface area contributed by atoms with Gasteiger partial charge in [-0.05, 0) is 44.9 Å². The molecule has 0 aromatic heterocycles. The largest absolute Gasteiger partial charge is 0.457 e. The van der Waals surface area contributed by atoms with Crippen LogP contribution in [-0.2, 0) is 38.3 Å². The fourth-order valence-corrected chi connectivity index (χ4v) is 6.50. The van der Waals surface area contributed by atoms with E-state index in [1.165, 1.54) is 77.0 Å². The number of ether oxygens (including phenoxy) is 4. The van der Waals surface area contributed by atoms with Crippen LogP contribution in [0.15, 0.2) is 24.3 Å². The molecule has 12 nitrogen and oxygen atoms in total. The Morgan fingerprint density at radius 2 is 1.27 bits per heavy atom. The molecule has 52 heavy (non-hydrogen) atoms. The van der Waals surface area contributed by atoms with E-state index in [1.54, 1.807) is 0 Å². The van der Waals surface area contributed by atoms with Crippen LogP contribution in [0.25, 0.3) is 0 Å². The number of hydrogen-bond acceptors (Lipinski definition) is 11. The Balaban J connectivity index is 2.33. The minimum atomic E-state index is -5.05. The third-order valence-electron chi connectivity index (χ3n) is 9.08. The molecule has 1 heterocycles. The third kappa shape index (κ3) is 25.6. The molecular formula is C39H72O12S. The van der Waals surface area contributed by atoms with Crippen molar-refractivity contribution in [3.8, 4) is 0 Å². The molecule has 0 saturated carbocycles. The number of rotatable bonds is 34. The highest BCUT2D eigenvalue weighted by molar-refractivity contribution is 7.80. The molecule has 0 amide bonds. The van der Waals surface area contributed by atoms with Gasteiger partial charge in [0.05, 0.1) is 19.8 Å². The zero-order valence-corrected chi connectivity index (χ0v) is 32.9. The molecule has 13 heteroatoms. The highest BCUT2D eigenvalue weighted by atomic mass is 32.3. The molecule has 4 N–H and O–H groups in total. The van der Waals surface area contributed by atoms with Crippen LogP contribution in [0.5, 0.6) is 0 Å². The Hall–Kier alpha value is -1.42. The predicted molar refractivity (Wildman–Crippen MR) is 202 cm³/mol. The summed E-state index contributed by atoms with van der Waals surface area (Å²) in [6.45, 7) is 3.84. The van der Waals surface area contributed by atoms with E-state index in [4.69, 9.17) is 23.5 Å². The molecule has 0 aliphatic carbocycles. The van der Waals surface area contributed by atoms with Crippen molar-refractivity contribution in [3.63, 3.8) is 0 Å². The van der Waals surface area contributed by atoms with Crippen LogP contribution in [-0.4, -0.2) is 97.5 Å². The summed E-state index contributed by atoms with van der Waals surface area (Å²) < 4.78 is 58.5. The van der Waals surface area contributed by atoms with Crippen molar-refractivity contribution >= 4 is 16.4 Å². The van der Waals surface area contributed by atoms with Crippen molar-refractivity contribution in [2.24, 2.45) is 0 Å². The zero-order chi connectivity index (χ0) is 38.3. The Morgan fingerprint density at radius 3 is 1.87 bits per heavy atom. The van der Waals surface area contributed by atoms with Gasteiger partial charge in [0.15, 0.2) is 6.29 Å². The van der Waals surface area contributed by atoms with E-state index in [0.29, 0.717) is 13.0 Å². The third-order valence-corrected chi connectivity index (χ3v) is 9.54. The summed E-state index contributed by atoms with van der Waals surface area (Å²) in [5, 5.41) is 30.4. The molecule has 0 aromatic carbocycles. The van der Waals surface area contributed by atoms with Crippen LogP contribution in [0.1, 0.15) is 155 Å². The van der Waals surface area contributed by atoms with Crippen molar-refractivity contribution < 1.29 is 56.2 Å². The standard InChI is InChI=1S/C39H72O12S/c1-3-5-7-9-10-11-12-13-14-15-16-17-18-19-20-21-22-23-25-27-29-47-31-33(49-35(41)28-26-24-8-6-4-2)32-48-39-37(43)38(51-52(44,45)46)36(42)34(30-40)50-39/h10-11,13-14,33-34,36-40,42-43H,3-9,12,15-32H2,1-2H3,(H,44,45,46)/b11-10-,14-13-. The smallest absolute Gasteiger partial charge is 0.397 e. The quantitative estimate of drug-likeness (QED) is 0.0223. The van der Waals surface area contributed by atoms with Crippen molar-refractivity contribution in [1.29, 1.82) is 0 Å². The number of carbonyl (C=O) groups excluding carboxylic acids is 1. The van der Waals surface area contributed by atoms with Crippen molar-refractivity contribution in [2.75, 3.05) is 26.4 Å². The summed E-state index contributed by atoms with van der Waals surface area (Å²) in [7, 11) is -5.05. The topological polar surface area (TPSA) is 178 Å². The number of aliphatic hydroxyl groups is 3. The maximum atomic E-state index is 12.6. The first-order valence-corrected chi connectivity index (χ1v) is 21.5. The van der Waals surface area contributed by atoms with Crippen molar-refractivity contribution in [2.45, 2.75) is 192 Å². The molecule has 1 fully saturated rings. The second-order valence-electron chi connectivity index (χ2n) is 13.9. The van der Waals surface area contributed by atoms with E-state index >= 15 is 0 Å². The van der Waals surface area contributed by atoms with Gasteiger partial charge in [-0.25, -0.2) is 4.18 Å². The van der Waals surface area contributed by atoms with E-state index in [9.17, 15) is 28.5 Å². The second-order valence-corrected chi connectivity index (χ2v) is 14.9. The number of carbonyl (C=O) groups is 1. The fourth-order valence-electron chi connectivity index (χ4n) is 6.00. The van der Waals surface area contributed by atoms with Crippen molar-refractivity contribution in [1.82, 2.24) is 0 Å². The first-order chi connectivity index (χ1) is 25.1. The van der Waals surface area contributed by atoms with Crippen LogP contribution in [0, 0.1) is 0 Å². The molecule has 1 aliphatic heterocycles. The lowest BCUT2D eigenvalue weighted by Crippen LogP contribution is -2.60. The van der Waals surface area contributed by atoms with Gasteiger partial charge in [-0.2, -0.15) is 8.42 Å². The average Bonchev–Trinajstić information content (AvgIpc) is 3.11. The highest BCUT2D eigenvalue weighted by Crippen LogP contribution is 2.26. The van der Waals surface area contributed by atoms with Gasteiger partial charge >= 0.3 is 16.4 Å². The van der Waals surface area contributed by atoms with Gasteiger partial charge in [-0.15, -0.1) is 0 Å². The van der Waals surface area contributed by atoms with E-state index < -0.39 is 59.8 Å². The molecule has 306 valence electrons. The van der Waals surface area contributed by atoms with E-state index in [1.807, 2.05) is 0 Å². The maximum Gasteiger partial charge on any atom is 0.397 e. The highest BCUT2D eigenvalue weighted by Gasteiger charge is 2.48. The fraction of sp³-hybridized carbons (Fsp3) is 0.872. The van der Waals surface area contributed by atoms with Crippen molar-refractivity contribution in [3.05, 3.63) is 24.3 Å². The summed E-state index contributed by atoms with van der Waals surface area (Å²) in [6, 6.07) is 0. The number of hydrogen-bond donors (Lipinski definition) is 4. The first-order valence-electron chi connectivity index (χ1n) is 20.1. The van der Waals surface area contributed by atoms with Gasteiger partial charge in [0.2, 0.25) is 0 Å². The van der Waals surface area contributed by atoms with Crippen LogP contribution in [0.3, 0.4) is 0 Å². The SMILES string of the molecule is CCCCC/C=C\C/C=C\CCCCCCCCCCCCOCC(COC1OC(CO)C(O)C(OS(=O)(=O)O)C1O)OC(=O)CCCCCCC. The minimum Gasteiger partial charge on any atom is -0.457 e. The molecule has 6 unspecified atom stereocenters. The number of aliphatic hydroxyl groups excluding tert-OH is 3. The minimum absolute atomic E-state index is 0.0351. The summed E-state index contributed by atoms with van der Waals surface area (Å²) >= 11 is 0. The maximum absolute atomic E-state index is 12.6. The Labute approximate surface area is 314 Å². The lowest BCUT2D eigenvalue weighted by molar-refractivity contribution is -0.301. The summed E-state index contributed by atoms with van der Waals surface area (Å²) in [5.41, 5.74) is 0. The summed E-state index contributed by atoms with van der Waals surface area (Å²) in [5.74, 6) is -0.414. The monoisotopic (exact) mass is 764 g/mol. The van der Waals surface area contributed by atoms with Gasteiger partial charge in [0, 0.05) is 13.0 Å². The number of esters is 1. The van der Waals surface area contributed by atoms with Crippen LogP contribution in [0.4, 0.5) is 0 Å². The van der Waals surface area contributed by atoms with Gasteiger partial charge < -0.3 is 34.3 Å². The molecule has 1 aliphatic rings. The van der Waals surface area contributed by atoms with Gasteiger partial charge in [-0.3, -0.25) is 9.35 Å². The van der Waals surface area contributed by atoms with E-state index in [0.717, 1.165) is 51.4 Å². The lowest BCUT2D eigenvalue weighted by atomic mass is 9.99. The molecule has 1 saturated heterocycles. The molecule has 0 radical (unpaired) electrons. The van der Waals surface area contributed by atoms with Gasteiger partial charge in [0.1, 0.15) is 30.5 Å². The Morgan fingerprint density at radius 1 is 0.731 bits per heavy atom. The molecule has 1 rings (SSSR count). The van der Waals surface area contributed by atoms with Crippen LogP contribution < -0.4 is 0 Å². The van der Waals surface area contributed by atoms with Gasteiger partial charge in [0.25, 0.3) is 0 Å². The van der Waals surface area contributed by atoms with E-state index in [2.05, 4.69) is 42.3 Å².